The van der Waals surface area contributed by atoms with E-state index in [0.717, 1.165) is 16.8 Å². The molecule has 3 aromatic carbocycles. The number of ether oxygens (including phenoxy) is 1. The summed E-state index contributed by atoms with van der Waals surface area (Å²) in [5, 5.41) is 6.37. The van der Waals surface area contributed by atoms with Crippen molar-refractivity contribution in [1.82, 2.24) is 15.2 Å². The number of pyridine rings is 1. The predicted octanol–water partition coefficient (Wildman–Crippen LogP) is 5.72. The number of nitrogens with zero attached hydrogens (tertiary/aromatic N) is 2. The number of hydrogen-bond donors (Lipinski definition) is 2. The number of carbonyl (C=O) groups excluding carboxylic acids is 3. The Bertz CT molecular complexity index is 1560. The molecule has 1 aromatic heterocycles. The van der Waals surface area contributed by atoms with E-state index in [-0.39, 0.29) is 18.4 Å². The van der Waals surface area contributed by atoms with Gasteiger partial charge in [-0.1, -0.05) is 59.6 Å². The van der Waals surface area contributed by atoms with Gasteiger partial charge in [0.1, 0.15) is 0 Å². The third-order valence-electron chi connectivity index (χ3n) is 6.76. The van der Waals surface area contributed by atoms with Crippen LogP contribution in [0.2, 0.25) is 5.02 Å². The molecular formula is C32H29ClN4O4. The number of carbonyl (C=O) groups is 3. The van der Waals surface area contributed by atoms with Gasteiger partial charge in [-0.05, 0) is 66.6 Å². The van der Waals surface area contributed by atoms with Gasteiger partial charge in [-0.3, -0.25) is 19.5 Å². The predicted molar refractivity (Wildman–Crippen MR) is 157 cm³/mol. The summed E-state index contributed by atoms with van der Waals surface area (Å²) in [6, 6.07) is 26.1. The Hall–Kier alpha value is -4.69. The van der Waals surface area contributed by atoms with Crippen LogP contribution < -0.4 is 10.6 Å². The van der Waals surface area contributed by atoms with Gasteiger partial charge in [0.15, 0.2) is 12.1 Å². The molecule has 1 aliphatic rings. The Labute approximate surface area is 243 Å². The summed E-state index contributed by atoms with van der Waals surface area (Å²) < 4.78 is 5.79. The van der Waals surface area contributed by atoms with Gasteiger partial charge >= 0.3 is 6.09 Å². The number of aryl methyl sites for hydroxylation is 1. The molecule has 41 heavy (non-hydrogen) atoms. The molecule has 4 aromatic rings. The number of benzene rings is 3. The molecule has 8 nitrogen and oxygen atoms in total. The standard InChI is InChI=1S/C32H29ClN4O4/c1-21-7-4-10-24(17-21)30(38)36-27-13-6-9-23(19-27)29-28(31(39)35-16-14-26-12-2-3-15-34-26)37(32(40)41-29)20-22-8-5-11-25(33)18-22/h2-13,15,17-19,28-29H,14,16,20H2,1H3,(H,35,39)(H,36,38). The largest absolute Gasteiger partial charge is 0.438 e. The van der Waals surface area contributed by atoms with Crippen molar-refractivity contribution in [3.63, 3.8) is 0 Å². The van der Waals surface area contributed by atoms with Crippen LogP contribution in [0.1, 0.15) is 38.8 Å². The number of cyclic esters (lactones) is 1. The first-order valence-electron chi connectivity index (χ1n) is 13.2. The third kappa shape index (κ3) is 6.91. The molecule has 1 fully saturated rings. The zero-order chi connectivity index (χ0) is 28.8. The van der Waals surface area contributed by atoms with Crippen LogP contribution in [0.5, 0.6) is 0 Å². The van der Waals surface area contributed by atoms with Crippen molar-refractivity contribution >= 4 is 35.2 Å². The van der Waals surface area contributed by atoms with Crippen molar-refractivity contribution in [1.29, 1.82) is 0 Å². The van der Waals surface area contributed by atoms with Crippen LogP contribution in [0.4, 0.5) is 10.5 Å². The zero-order valence-electron chi connectivity index (χ0n) is 22.4. The zero-order valence-corrected chi connectivity index (χ0v) is 23.2. The van der Waals surface area contributed by atoms with E-state index >= 15 is 0 Å². The lowest BCUT2D eigenvalue weighted by molar-refractivity contribution is -0.126. The van der Waals surface area contributed by atoms with E-state index in [1.165, 1.54) is 4.90 Å². The molecule has 0 saturated carbocycles. The highest BCUT2D eigenvalue weighted by Gasteiger charge is 2.47. The first-order valence-corrected chi connectivity index (χ1v) is 13.6. The molecule has 1 saturated heterocycles. The van der Waals surface area contributed by atoms with Crippen molar-refractivity contribution < 1.29 is 19.1 Å². The Morgan fingerprint density at radius 2 is 1.80 bits per heavy atom. The summed E-state index contributed by atoms with van der Waals surface area (Å²) >= 11 is 6.17. The fraction of sp³-hybridized carbons (Fsp3) is 0.188. The molecule has 9 heteroatoms. The van der Waals surface area contributed by atoms with Gasteiger partial charge in [-0.25, -0.2) is 4.79 Å². The van der Waals surface area contributed by atoms with Crippen LogP contribution in [-0.4, -0.2) is 40.4 Å². The third-order valence-corrected chi connectivity index (χ3v) is 6.99. The monoisotopic (exact) mass is 568 g/mol. The molecule has 2 atom stereocenters. The van der Waals surface area contributed by atoms with Crippen molar-refractivity contribution in [2.24, 2.45) is 0 Å². The van der Waals surface area contributed by atoms with E-state index in [4.69, 9.17) is 16.3 Å². The molecule has 1 aliphatic heterocycles. The molecular weight excluding hydrogens is 540 g/mol. The Kier molecular flexibility index (Phi) is 8.60. The number of nitrogens with one attached hydrogen (secondary N) is 2. The van der Waals surface area contributed by atoms with E-state index in [9.17, 15) is 14.4 Å². The summed E-state index contributed by atoms with van der Waals surface area (Å²) in [7, 11) is 0. The maximum absolute atomic E-state index is 13.6. The van der Waals surface area contributed by atoms with Crippen LogP contribution in [0.3, 0.4) is 0 Å². The van der Waals surface area contributed by atoms with E-state index < -0.39 is 18.2 Å². The highest BCUT2D eigenvalue weighted by atomic mass is 35.5. The van der Waals surface area contributed by atoms with Gasteiger partial charge in [-0.2, -0.15) is 0 Å². The van der Waals surface area contributed by atoms with Crippen LogP contribution in [0, 0.1) is 6.92 Å². The molecule has 5 rings (SSSR count). The minimum Gasteiger partial charge on any atom is -0.438 e. The summed E-state index contributed by atoms with van der Waals surface area (Å²) in [5.41, 5.74) is 4.21. The lowest BCUT2D eigenvalue weighted by Gasteiger charge is -2.24. The molecule has 3 amide bonds. The second-order valence-corrected chi connectivity index (χ2v) is 10.3. The van der Waals surface area contributed by atoms with Crippen LogP contribution in [0.15, 0.2) is 97.2 Å². The van der Waals surface area contributed by atoms with Gasteiger partial charge in [0.25, 0.3) is 5.91 Å². The van der Waals surface area contributed by atoms with Crippen LogP contribution >= 0.6 is 11.6 Å². The van der Waals surface area contributed by atoms with Crippen LogP contribution in [-0.2, 0) is 22.5 Å². The van der Waals surface area contributed by atoms with Gasteiger partial charge in [-0.15, -0.1) is 0 Å². The first-order chi connectivity index (χ1) is 19.9. The highest BCUT2D eigenvalue weighted by molar-refractivity contribution is 6.30. The topological polar surface area (TPSA) is 101 Å². The number of rotatable bonds is 9. The number of amides is 3. The molecule has 208 valence electrons. The van der Waals surface area contributed by atoms with Gasteiger partial charge < -0.3 is 15.4 Å². The number of anilines is 1. The van der Waals surface area contributed by atoms with Crippen molar-refractivity contribution in [3.8, 4) is 0 Å². The molecule has 0 aliphatic carbocycles. The summed E-state index contributed by atoms with van der Waals surface area (Å²) in [4.78, 5) is 45.3. The Morgan fingerprint density at radius 3 is 2.59 bits per heavy atom. The molecule has 0 bridgehead atoms. The fourth-order valence-electron chi connectivity index (χ4n) is 4.79. The smallest absolute Gasteiger partial charge is 0.411 e. The first kappa shape index (κ1) is 27.9. The molecule has 0 spiro atoms. The second-order valence-electron chi connectivity index (χ2n) is 9.82. The number of aromatic nitrogens is 1. The minimum absolute atomic E-state index is 0.137. The number of hydrogen-bond acceptors (Lipinski definition) is 5. The minimum atomic E-state index is -0.951. The van der Waals surface area contributed by atoms with Gasteiger partial charge in [0.05, 0.1) is 6.54 Å². The van der Waals surface area contributed by atoms with Crippen LogP contribution in [0.25, 0.3) is 0 Å². The summed E-state index contributed by atoms with van der Waals surface area (Å²) in [6.07, 6.45) is 0.725. The second kappa shape index (κ2) is 12.7. The Balaban J connectivity index is 1.38. The van der Waals surface area contributed by atoms with Crippen molar-refractivity contribution in [3.05, 3.63) is 130 Å². The highest BCUT2D eigenvalue weighted by Crippen LogP contribution is 2.35. The molecule has 2 unspecified atom stereocenters. The van der Waals surface area contributed by atoms with Crippen molar-refractivity contribution in [2.45, 2.75) is 32.0 Å². The summed E-state index contributed by atoms with van der Waals surface area (Å²) in [5.74, 6) is -0.617. The Morgan fingerprint density at radius 1 is 0.976 bits per heavy atom. The average Bonchev–Trinajstić information content (AvgIpc) is 3.29. The van der Waals surface area contributed by atoms with Gasteiger partial charge in [0.2, 0.25) is 5.91 Å². The maximum Gasteiger partial charge on any atom is 0.411 e. The maximum atomic E-state index is 13.6. The van der Waals surface area contributed by atoms with E-state index in [0.29, 0.717) is 34.8 Å². The SMILES string of the molecule is Cc1cccc(C(=O)Nc2cccc(C3OC(=O)N(Cc4cccc(Cl)c4)C3C(=O)NCCc3ccccn3)c2)c1. The molecule has 2 N–H and O–H groups in total. The lowest BCUT2D eigenvalue weighted by atomic mass is 10.00. The van der Waals surface area contributed by atoms with E-state index in [1.807, 2.05) is 43.3 Å². The fourth-order valence-corrected chi connectivity index (χ4v) is 5.00. The van der Waals surface area contributed by atoms with Gasteiger partial charge in [0, 0.05) is 41.1 Å². The van der Waals surface area contributed by atoms with E-state index in [1.54, 1.807) is 60.8 Å². The average molecular weight is 569 g/mol. The lowest BCUT2D eigenvalue weighted by Crippen LogP contribution is -2.46. The summed E-state index contributed by atoms with van der Waals surface area (Å²) in [6.45, 7) is 2.39. The number of halogens is 1. The van der Waals surface area contributed by atoms with E-state index in [2.05, 4.69) is 15.6 Å². The quantitative estimate of drug-likeness (QED) is 0.269. The normalized spacial score (nSPS) is 16.2. The molecule has 2 heterocycles. The molecule has 0 radical (unpaired) electrons. The van der Waals surface area contributed by atoms with Crippen molar-refractivity contribution in [2.75, 3.05) is 11.9 Å².